The number of fused-ring (bicyclic) bond motifs is 1. The number of aliphatic hydroxyl groups is 5. The Morgan fingerprint density at radius 2 is 1.71 bits per heavy atom. The first-order valence-corrected chi connectivity index (χ1v) is 13.6. The van der Waals surface area contributed by atoms with E-state index in [1.807, 2.05) is 13.8 Å². The van der Waals surface area contributed by atoms with Gasteiger partial charge in [-0.3, -0.25) is 14.1 Å². The van der Waals surface area contributed by atoms with E-state index in [0.717, 1.165) is 19.3 Å². The molecule has 220 valence electrons. The van der Waals surface area contributed by atoms with E-state index in [-0.39, 0.29) is 73.3 Å². The van der Waals surface area contributed by atoms with E-state index >= 15 is 0 Å². The van der Waals surface area contributed by atoms with Gasteiger partial charge in [-0.15, -0.1) is 0 Å². The van der Waals surface area contributed by atoms with Gasteiger partial charge in [-0.25, -0.2) is 0 Å². The Kier molecular flexibility index (Phi) is 14.7. The molecule has 2 rings (SSSR count). The first-order valence-electron chi connectivity index (χ1n) is 13.6. The number of nitrogens with zero attached hydrogens (tertiary/aromatic N) is 1. The van der Waals surface area contributed by atoms with Gasteiger partial charge < -0.3 is 35.4 Å². The van der Waals surface area contributed by atoms with Crippen LogP contribution >= 0.6 is 0 Å². The van der Waals surface area contributed by atoms with Crippen molar-refractivity contribution in [1.82, 2.24) is 0 Å². The fourth-order valence-corrected chi connectivity index (χ4v) is 4.89. The summed E-state index contributed by atoms with van der Waals surface area (Å²) >= 11 is 0. The molecule has 0 aromatic carbocycles. The van der Waals surface area contributed by atoms with Crippen LogP contribution in [0.15, 0.2) is 23.8 Å². The molecule has 2 aliphatic rings. The molecule has 0 amide bonds. The Labute approximate surface area is 226 Å². The lowest BCUT2D eigenvalue weighted by Crippen LogP contribution is -2.46. The number of carbonyl (C=O) groups is 2. The summed E-state index contributed by atoms with van der Waals surface area (Å²) in [6, 6.07) is 0. The van der Waals surface area contributed by atoms with Crippen LogP contribution in [0.2, 0.25) is 0 Å². The number of quaternary nitrogens is 1. The summed E-state index contributed by atoms with van der Waals surface area (Å²) in [6.45, 7) is 7.43. The molecule has 0 spiro atoms. The molecule has 38 heavy (non-hydrogen) atoms. The molecule has 0 aromatic heterocycles. The van der Waals surface area contributed by atoms with E-state index in [9.17, 15) is 19.8 Å². The van der Waals surface area contributed by atoms with Gasteiger partial charge in [-0.1, -0.05) is 45.9 Å². The van der Waals surface area contributed by atoms with E-state index in [4.69, 9.17) is 25.2 Å². The monoisotopic (exact) mass is 544 g/mol. The largest absolute Gasteiger partial charge is 0.481 e. The van der Waals surface area contributed by atoms with Crippen molar-refractivity contribution >= 4 is 11.9 Å². The van der Waals surface area contributed by atoms with Gasteiger partial charge in [0.1, 0.15) is 6.10 Å². The standard InChI is InChI=1S/C24H38O6.C4H12NO3/c1-5-15(3)24(29)30-21-11-14(2)10-17-7-6-16(4)20(23(17)21)9-8-18(25)12-19(26)13-22(27)28;1-5(2-6,3-7)4-8/h6-7,10,14-16,18-21,23,25-26H,5,8-9,11-13H2,1-4H3,(H,27,28);6-8H,2-4H2,1H3/q;+1/t14-,15-,16-,18+,19+,20-,21-,23-;/m0./s1. The highest BCUT2D eigenvalue weighted by molar-refractivity contribution is 5.72. The highest BCUT2D eigenvalue weighted by Gasteiger charge is 2.41. The molecule has 0 saturated carbocycles. The van der Waals surface area contributed by atoms with Crippen LogP contribution in [0, 0.1) is 29.6 Å². The van der Waals surface area contributed by atoms with Crippen molar-refractivity contribution in [3.05, 3.63) is 23.8 Å². The Balaban J connectivity index is 0.000000781. The van der Waals surface area contributed by atoms with Crippen molar-refractivity contribution in [2.75, 3.05) is 27.2 Å². The minimum absolute atomic E-state index is 0.0556. The van der Waals surface area contributed by atoms with Gasteiger partial charge in [0.05, 0.1) is 31.6 Å². The number of carboxylic acids is 1. The van der Waals surface area contributed by atoms with Crippen molar-refractivity contribution < 1.29 is 49.4 Å². The Hall–Kier alpha value is -1.82. The Morgan fingerprint density at radius 3 is 2.21 bits per heavy atom. The molecule has 10 nitrogen and oxygen atoms in total. The molecule has 0 radical (unpaired) electrons. The number of rotatable bonds is 13. The third-order valence-corrected chi connectivity index (χ3v) is 7.69. The maximum atomic E-state index is 12.5. The van der Waals surface area contributed by atoms with E-state index in [2.05, 4.69) is 32.1 Å². The molecular weight excluding hydrogens is 494 g/mol. The van der Waals surface area contributed by atoms with Crippen LogP contribution in [-0.2, 0) is 14.3 Å². The molecular formula is C28H50NO9+. The average Bonchev–Trinajstić information content (AvgIpc) is 2.86. The summed E-state index contributed by atoms with van der Waals surface area (Å²) in [7, 11) is 1.54. The van der Waals surface area contributed by atoms with Crippen LogP contribution in [0.3, 0.4) is 0 Å². The van der Waals surface area contributed by atoms with Crippen molar-refractivity contribution in [3.63, 3.8) is 0 Å². The van der Waals surface area contributed by atoms with Gasteiger partial charge in [0.25, 0.3) is 0 Å². The van der Waals surface area contributed by atoms with Crippen LogP contribution in [0.4, 0.5) is 0 Å². The average molecular weight is 545 g/mol. The molecule has 6 N–H and O–H groups in total. The number of ether oxygens (including phenoxy) is 1. The molecule has 2 aliphatic carbocycles. The van der Waals surface area contributed by atoms with Gasteiger partial charge in [0, 0.05) is 5.92 Å². The van der Waals surface area contributed by atoms with Crippen molar-refractivity contribution in [2.45, 2.75) is 84.5 Å². The van der Waals surface area contributed by atoms with Gasteiger partial charge in [-0.2, -0.15) is 0 Å². The molecule has 0 fully saturated rings. The zero-order valence-electron chi connectivity index (χ0n) is 23.6. The van der Waals surface area contributed by atoms with E-state index < -0.39 is 18.2 Å². The number of aliphatic hydroxyl groups excluding tert-OH is 5. The molecule has 0 bridgehead atoms. The van der Waals surface area contributed by atoms with E-state index in [1.54, 1.807) is 7.05 Å². The third kappa shape index (κ3) is 10.7. The highest BCUT2D eigenvalue weighted by atomic mass is 16.5. The van der Waals surface area contributed by atoms with Gasteiger partial charge in [-0.05, 0) is 55.4 Å². The minimum Gasteiger partial charge on any atom is -0.481 e. The number of carbonyl (C=O) groups excluding carboxylic acids is 1. The molecule has 0 aromatic rings. The third-order valence-electron chi connectivity index (χ3n) is 7.69. The number of hydrogen-bond donors (Lipinski definition) is 6. The zero-order chi connectivity index (χ0) is 29.0. The second kappa shape index (κ2) is 16.3. The lowest BCUT2D eigenvalue weighted by molar-refractivity contribution is -0.959. The lowest BCUT2D eigenvalue weighted by Gasteiger charge is -2.43. The topological polar surface area (TPSA) is 165 Å². The SMILES string of the molecule is CC[C@H](C)C(=O)O[C@H]1C[C@@H](C)C=C2C=C[C@H](C)[C@H](CC[C@@H](O)C[C@@H](O)CC(=O)O)[C@H]21.C[N+](CO)(CO)CO. The molecule has 0 saturated heterocycles. The van der Waals surface area contributed by atoms with E-state index in [0.29, 0.717) is 12.3 Å². The maximum Gasteiger partial charge on any atom is 0.308 e. The lowest BCUT2D eigenvalue weighted by atomic mass is 9.65. The normalized spacial score (nSPS) is 27.2. The fourth-order valence-electron chi connectivity index (χ4n) is 4.89. The number of hydrogen-bond acceptors (Lipinski definition) is 8. The number of aliphatic carboxylic acids is 1. The first-order chi connectivity index (χ1) is 17.8. The Morgan fingerprint density at radius 1 is 1.11 bits per heavy atom. The van der Waals surface area contributed by atoms with Crippen molar-refractivity contribution in [1.29, 1.82) is 0 Å². The quantitative estimate of drug-likeness (QED) is 0.116. The summed E-state index contributed by atoms with van der Waals surface area (Å²) in [4.78, 5) is 23.2. The molecule has 0 aliphatic heterocycles. The molecule has 0 heterocycles. The highest BCUT2D eigenvalue weighted by Crippen LogP contribution is 2.45. The van der Waals surface area contributed by atoms with Crippen LogP contribution < -0.4 is 0 Å². The van der Waals surface area contributed by atoms with E-state index in [1.165, 1.54) is 5.57 Å². The summed E-state index contributed by atoms with van der Waals surface area (Å²) < 4.78 is 5.87. The van der Waals surface area contributed by atoms with Gasteiger partial charge in [0.15, 0.2) is 20.2 Å². The fraction of sp³-hybridized carbons (Fsp3) is 0.786. The van der Waals surface area contributed by atoms with Crippen LogP contribution in [0.1, 0.15) is 66.2 Å². The summed E-state index contributed by atoms with van der Waals surface area (Å²) in [5.41, 5.74) is 1.21. The van der Waals surface area contributed by atoms with Crippen molar-refractivity contribution in [3.8, 4) is 0 Å². The van der Waals surface area contributed by atoms with Crippen LogP contribution in [0.5, 0.6) is 0 Å². The summed E-state index contributed by atoms with van der Waals surface area (Å²) in [5, 5.41) is 54.2. The van der Waals surface area contributed by atoms with Gasteiger partial charge in [0.2, 0.25) is 0 Å². The van der Waals surface area contributed by atoms with Crippen molar-refractivity contribution in [2.24, 2.45) is 29.6 Å². The zero-order valence-corrected chi connectivity index (χ0v) is 23.6. The number of allylic oxidation sites excluding steroid dienone is 3. The summed E-state index contributed by atoms with van der Waals surface area (Å²) in [6.07, 6.45) is 7.07. The molecule has 0 unspecified atom stereocenters. The number of carboxylic acid groups (broad SMARTS) is 1. The summed E-state index contributed by atoms with van der Waals surface area (Å²) in [5.74, 6) is -0.406. The molecule has 8 atom stereocenters. The van der Waals surface area contributed by atoms with Gasteiger partial charge >= 0.3 is 11.9 Å². The number of esters is 1. The van der Waals surface area contributed by atoms with Crippen LogP contribution in [0.25, 0.3) is 0 Å². The smallest absolute Gasteiger partial charge is 0.308 e. The second-order valence-corrected chi connectivity index (χ2v) is 11.3. The Bertz CT molecular complexity index is 787. The minimum atomic E-state index is -1.07. The van der Waals surface area contributed by atoms with Crippen LogP contribution in [-0.4, -0.2) is 92.6 Å². The second-order valence-electron chi connectivity index (χ2n) is 11.3. The molecule has 10 heteroatoms. The predicted molar refractivity (Wildman–Crippen MR) is 142 cm³/mol. The first kappa shape index (κ1) is 34.2. The maximum absolute atomic E-state index is 12.5. The predicted octanol–water partition coefficient (Wildman–Crippen LogP) is 2.00.